The van der Waals surface area contributed by atoms with Crippen molar-refractivity contribution in [1.82, 2.24) is 15.1 Å². The van der Waals surface area contributed by atoms with E-state index in [4.69, 9.17) is 5.73 Å². The summed E-state index contributed by atoms with van der Waals surface area (Å²) in [7, 11) is 2.15. The molecule has 5 nitrogen and oxygen atoms in total. The topological polar surface area (TPSA) is 70.0 Å². The average Bonchev–Trinajstić information content (AvgIpc) is 2.52. The Balaban J connectivity index is 1.94. The zero-order valence-electron chi connectivity index (χ0n) is 8.45. The summed E-state index contributed by atoms with van der Waals surface area (Å²) in [6.07, 6.45) is 4.19. The number of likely N-dealkylation sites (tertiary alicyclic amines) is 1. The largest absolute Gasteiger partial charge is 0.382 e. The van der Waals surface area contributed by atoms with E-state index in [9.17, 15) is 0 Å². The van der Waals surface area contributed by atoms with Crippen LogP contribution in [-0.2, 0) is 0 Å². The summed E-state index contributed by atoms with van der Waals surface area (Å²) in [4.78, 5) is 2.33. The number of piperidine rings is 1. The van der Waals surface area contributed by atoms with Gasteiger partial charge in [-0.05, 0) is 26.4 Å². The molecule has 0 aromatic carbocycles. The van der Waals surface area contributed by atoms with Gasteiger partial charge in [-0.3, -0.25) is 5.10 Å². The van der Waals surface area contributed by atoms with Crippen molar-refractivity contribution in [3.63, 3.8) is 0 Å². The highest BCUT2D eigenvalue weighted by atomic mass is 15.2. The number of aromatic nitrogens is 2. The van der Waals surface area contributed by atoms with Crippen molar-refractivity contribution >= 4 is 11.5 Å². The van der Waals surface area contributed by atoms with E-state index in [-0.39, 0.29) is 0 Å². The molecule has 5 heteroatoms. The van der Waals surface area contributed by atoms with Crippen LogP contribution < -0.4 is 11.1 Å². The lowest BCUT2D eigenvalue weighted by atomic mass is 10.1. The van der Waals surface area contributed by atoms with Crippen molar-refractivity contribution in [2.45, 2.75) is 18.9 Å². The number of hydrogen-bond acceptors (Lipinski definition) is 4. The predicted octanol–water partition coefficient (Wildman–Crippen LogP) is 0.498. The maximum absolute atomic E-state index is 5.70. The first-order valence-electron chi connectivity index (χ1n) is 4.99. The molecule has 1 aromatic rings. The molecule has 0 spiro atoms. The van der Waals surface area contributed by atoms with Gasteiger partial charge in [-0.2, -0.15) is 5.10 Å². The Bertz CT molecular complexity index is 295. The van der Waals surface area contributed by atoms with Gasteiger partial charge in [0.2, 0.25) is 0 Å². The maximum atomic E-state index is 5.70. The summed E-state index contributed by atoms with van der Waals surface area (Å²) in [6.45, 7) is 2.27. The minimum Gasteiger partial charge on any atom is -0.382 e. The molecule has 1 saturated heterocycles. The van der Waals surface area contributed by atoms with Crippen LogP contribution in [0, 0.1) is 0 Å². The molecule has 14 heavy (non-hydrogen) atoms. The van der Waals surface area contributed by atoms with E-state index in [1.807, 2.05) is 0 Å². The van der Waals surface area contributed by atoms with Gasteiger partial charge in [0.1, 0.15) is 5.82 Å². The van der Waals surface area contributed by atoms with Gasteiger partial charge in [0.05, 0.1) is 11.9 Å². The number of aromatic amines is 1. The maximum Gasteiger partial charge on any atom is 0.142 e. The van der Waals surface area contributed by atoms with Crippen LogP contribution in [0.5, 0.6) is 0 Å². The van der Waals surface area contributed by atoms with E-state index >= 15 is 0 Å². The Kier molecular flexibility index (Phi) is 2.58. The molecule has 1 aliphatic heterocycles. The van der Waals surface area contributed by atoms with Crippen molar-refractivity contribution in [1.29, 1.82) is 0 Å². The van der Waals surface area contributed by atoms with Crippen LogP contribution in [0.1, 0.15) is 12.8 Å². The van der Waals surface area contributed by atoms with Gasteiger partial charge >= 0.3 is 0 Å². The third-order valence-corrected chi connectivity index (χ3v) is 2.65. The lowest BCUT2D eigenvalue weighted by molar-refractivity contribution is 0.261. The Hall–Kier alpha value is -1.23. The van der Waals surface area contributed by atoms with E-state index in [0.717, 1.165) is 12.2 Å². The van der Waals surface area contributed by atoms with E-state index in [0.29, 0.717) is 11.9 Å². The molecular weight excluding hydrogens is 178 g/mol. The van der Waals surface area contributed by atoms with E-state index < -0.39 is 0 Å². The molecule has 2 rings (SSSR count). The third kappa shape index (κ3) is 1.98. The second-order valence-electron chi connectivity index (χ2n) is 3.94. The smallest absolute Gasteiger partial charge is 0.142 e. The van der Waals surface area contributed by atoms with Crippen LogP contribution in [0.4, 0.5) is 11.5 Å². The SMILES string of the molecule is CN1CCCC(Nc2cn[nH]c2N)C1. The molecule has 4 N–H and O–H groups in total. The summed E-state index contributed by atoms with van der Waals surface area (Å²) in [5.41, 5.74) is 6.62. The fourth-order valence-electron chi connectivity index (χ4n) is 1.92. The number of rotatable bonds is 2. The molecule has 0 aliphatic carbocycles. The molecule has 1 aliphatic rings. The number of likely N-dealkylation sites (N-methyl/N-ethyl adjacent to an activating group) is 1. The first-order valence-corrected chi connectivity index (χ1v) is 4.99. The second kappa shape index (κ2) is 3.88. The van der Waals surface area contributed by atoms with E-state index in [2.05, 4.69) is 27.5 Å². The van der Waals surface area contributed by atoms with Crippen LogP contribution >= 0.6 is 0 Å². The monoisotopic (exact) mass is 195 g/mol. The molecule has 1 fully saturated rings. The van der Waals surface area contributed by atoms with Gasteiger partial charge in [-0.15, -0.1) is 0 Å². The summed E-state index contributed by atoms with van der Waals surface area (Å²) < 4.78 is 0. The number of nitrogen functional groups attached to an aromatic ring is 1. The van der Waals surface area contributed by atoms with Crippen molar-refractivity contribution in [2.75, 3.05) is 31.2 Å². The summed E-state index contributed by atoms with van der Waals surface area (Å²) in [5, 5.41) is 10.0. The van der Waals surface area contributed by atoms with Gasteiger partial charge in [0, 0.05) is 12.6 Å². The number of nitrogens with two attached hydrogens (primary N) is 1. The van der Waals surface area contributed by atoms with Crippen LogP contribution in [0.3, 0.4) is 0 Å². The van der Waals surface area contributed by atoms with Crippen molar-refractivity contribution in [3.8, 4) is 0 Å². The Labute approximate surface area is 83.7 Å². The molecule has 1 unspecified atom stereocenters. The number of nitrogens with zero attached hydrogens (tertiary/aromatic N) is 2. The quantitative estimate of drug-likeness (QED) is 0.642. The van der Waals surface area contributed by atoms with Crippen LogP contribution in [0.15, 0.2) is 6.20 Å². The standard InChI is InChI=1S/C9H17N5/c1-14-4-2-3-7(6-14)12-8-5-11-13-9(8)10/h5,7,12H,2-4,6H2,1H3,(H3,10,11,13). The van der Waals surface area contributed by atoms with Gasteiger partial charge < -0.3 is 16.0 Å². The third-order valence-electron chi connectivity index (χ3n) is 2.65. The number of hydrogen-bond donors (Lipinski definition) is 3. The fourth-order valence-corrected chi connectivity index (χ4v) is 1.92. The summed E-state index contributed by atoms with van der Waals surface area (Å²) >= 11 is 0. The zero-order valence-corrected chi connectivity index (χ0v) is 8.45. The molecule has 0 amide bonds. The first-order chi connectivity index (χ1) is 6.75. The van der Waals surface area contributed by atoms with Crippen molar-refractivity contribution < 1.29 is 0 Å². The van der Waals surface area contributed by atoms with Gasteiger partial charge in [-0.1, -0.05) is 0 Å². The Morgan fingerprint density at radius 3 is 3.21 bits per heavy atom. The molecule has 1 aromatic heterocycles. The summed E-state index contributed by atoms with van der Waals surface area (Å²) in [5.74, 6) is 0.623. The number of anilines is 2. The molecule has 1 atom stereocenters. The number of H-pyrrole nitrogens is 1. The zero-order chi connectivity index (χ0) is 9.97. The highest BCUT2D eigenvalue weighted by molar-refractivity contribution is 5.60. The molecule has 0 bridgehead atoms. The minimum atomic E-state index is 0.494. The average molecular weight is 195 g/mol. The van der Waals surface area contributed by atoms with Gasteiger partial charge in [0.15, 0.2) is 0 Å². The van der Waals surface area contributed by atoms with E-state index in [1.54, 1.807) is 6.20 Å². The normalized spacial score (nSPS) is 23.6. The lowest BCUT2D eigenvalue weighted by Gasteiger charge is -2.30. The Morgan fingerprint density at radius 2 is 2.57 bits per heavy atom. The molecule has 0 radical (unpaired) electrons. The summed E-state index contributed by atoms with van der Waals surface area (Å²) in [6, 6.07) is 0.494. The molecule has 0 saturated carbocycles. The van der Waals surface area contributed by atoms with Crippen LogP contribution in [-0.4, -0.2) is 41.3 Å². The van der Waals surface area contributed by atoms with Crippen molar-refractivity contribution in [3.05, 3.63) is 6.20 Å². The molecular formula is C9H17N5. The van der Waals surface area contributed by atoms with Gasteiger partial charge in [-0.25, -0.2) is 0 Å². The highest BCUT2D eigenvalue weighted by Gasteiger charge is 2.17. The molecule has 78 valence electrons. The number of nitrogens with one attached hydrogen (secondary N) is 2. The predicted molar refractivity (Wildman–Crippen MR) is 57.1 cm³/mol. The minimum absolute atomic E-state index is 0.494. The second-order valence-corrected chi connectivity index (χ2v) is 3.94. The van der Waals surface area contributed by atoms with Gasteiger partial charge in [0.25, 0.3) is 0 Å². The Morgan fingerprint density at radius 1 is 1.71 bits per heavy atom. The molecule has 2 heterocycles. The van der Waals surface area contributed by atoms with Crippen LogP contribution in [0.25, 0.3) is 0 Å². The highest BCUT2D eigenvalue weighted by Crippen LogP contribution is 2.18. The van der Waals surface area contributed by atoms with Crippen LogP contribution in [0.2, 0.25) is 0 Å². The first kappa shape index (κ1) is 9.33. The van der Waals surface area contributed by atoms with Crippen molar-refractivity contribution in [2.24, 2.45) is 0 Å². The van der Waals surface area contributed by atoms with E-state index in [1.165, 1.54) is 19.4 Å². The fraction of sp³-hybridized carbons (Fsp3) is 0.667. The lowest BCUT2D eigenvalue weighted by Crippen LogP contribution is -2.39.